The van der Waals surface area contributed by atoms with Gasteiger partial charge in [-0.15, -0.1) is 6.58 Å². The Morgan fingerprint density at radius 3 is 2.76 bits per heavy atom. The predicted octanol–water partition coefficient (Wildman–Crippen LogP) is 2.75. The molecule has 0 aromatic heterocycles. The number of nitrogens with zero attached hydrogens (tertiary/aromatic N) is 1. The van der Waals surface area contributed by atoms with E-state index in [9.17, 15) is 13.9 Å². The average molecular weight is 241 g/mol. The quantitative estimate of drug-likeness (QED) is 0.755. The van der Waals surface area contributed by atoms with E-state index in [2.05, 4.69) is 12.6 Å². The lowest BCUT2D eigenvalue weighted by Crippen LogP contribution is -2.40. The molecule has 0 radical (unpaired) electrons. The van der Waals surface area contributed by atoms with Crippen LogP contribution in [0.15, 0.2) is 12.7 Å². The van der Waals surface area contributed by atoms with E-state index >= 15 is 0 Å². The molecule has 17 heavy (non-hydrogen) atoms. The van der Waals surface area contributed by atoms with Gasteiger partial charge in [0.25, 0.3) is 0 Å². The zero-order valence-corrected chi connectivity index (χ0v) is 9.70. The van der Waals surface area contributed by atoms with E-state index in [0.29, 0.717) is 12.8 Å². The van der Waals surface area contributed by atoms with E-state index in [0.717, 1.165) is 0 Å². The highest BCUT2D eigenvalue weighted by molar-refractivity contribution is 5.15. The standard InChI is InChI=1S/C13H17F2NO/c1-2-12-5-9(6-16)10(7-17)11(12)3-4-13(14,15)8-12/h2,9-11,17H,1,3-5,7-8H2/t9?,10?,11-,12+/m0/s1. The first kappa shape index (κ1) is 12.5. The SMILES string of the molecule is C=C[C@]12CC(C#N)C(CO)[C@@H]1CCC(F)(F)C2. The van der Waals surface area contributed by atoms with Crippen molar-refractivity contribution in [2.24, 2.45) is 23.2 Å². The van der Waals surface area contributed by atoms with Crippen molar-refractivity contribution in [2.75, 3.05) is 6.61 Å². The molecule has 2 fully saturated rings. The van der Waals surface area contributed by atoms with Gasteiger partial charge in [0.05, 0.1) is 12.0 Å². The first-order valence-electron chi connectivity index (χ1n) is 6.00. The number of nitriles is 1. The van der Waals surface area contributed by atoms with Crippen molar-refractivity contribution < 1.29 is 13.9 Å². The summed E-state index contributed by atoms with van der Waals surface area (Å²) in [7, 11) is 0. The Kier molecular flexibility index (Phi) is 2.99. The molecule has 2 nitrogen and oxygen atoms in total. The highest BCUT2D eigenvalue weighted by Crippen LogP contribution is 2.60. The van der Waals surface area contributed by atoms with Crippen molar-refractivity contribution in [3.8, 4) is 6.07 Å². The van der Waals surface area contributed by atoms with E-state index in [1.165, 1.54) is 0 Å². The van der Waals surface area contributed by atoms with E-state index in [4.69, 9.17) is 5.26 Å². The second kappa shape index (κ2) is 4.06. The minimum absolute atomic E-state index is 0.0192. The molecule has 2 rings (SSSR count). The molecular weight excluding hydrogens is 224 g/mol. The molecular formula is C13H17F2NO. The number of aliphatic hydroxyl groups excluding tert-OH is 1. The Bertz CT molecular complexity index is 363. The molecule has 4 atom stereocenters. The molecule has 4 heteroatoms. The van der Waals surface area contributed by atoms with Crippen LogP contribution in [-0.4, -0.2) is 17.6 Å². The normalized spacial score (nSPS) is 43.8. The second-order valence-corrected chi connectivity index (χ2v) is 5.40. The van der Waals surface area contributed by atoms with E-state index in [1.54, 1.807) is 6.08 Å². The summed E-state index contributed by atoms with van der Waals surface area (Å²) in [4.78, 5) is 0. The molecule has 0 spiro atoms. The summed E-state index contributed by atoms with van der Waals surface area (Å²) < 4.78 is 27.1. The summed E-state index contributed by atoms with van der Waals surface area (Å²) in [6.07, 6.45) is 2.04. The highest BCUT2D eigenvalue weighted by Gasteiger charge is 2.58. The molecule has 0 bridgehead atoms. The van der Waals surface area contributed by atoms with Crippen LogP contribution in [0.2, 0.25) is 0 Å². The number of rotatable bonds is 2. The Labute approximate surface area is 99.9 Å². The Hall–Kier alpha value is -0.950. The fraction of sp³-hybridized carbons (Fsp3) is 0.769. The number of hydrogen-bond donors (Lipinski definition) is 1. The summed E-state index contributed by atoms with van der Waals surface area (Å²) in [5.41, 5.74) is -0.657. The van der Waals surface area contributed by atoms with Gasteiger partial charge >= 0.3 is 0 Å². The number of allylic oxidation sites excluding steroid dienone is 1. The van der Waals surface area contributed by atoms with Crippen molar-refractivity contribution in [2.45, 2.75) is 31.6 Å². The van der Waals surface area contributed by atoms with E-state index in [-0.39, 0.29) is 37.2 Å². The zero-order valence-electron chi connectivity index (χ0n) is 9.70. The maximum absolute atomic E-state index is 13.5. The van der Waals surface area contributed by atoms with Crippen LogP contribution >= 0.6 is 0 Å². The summed E-state index contributed by atoms with van der Waals surface area (Å²) >= 11 is 0. The van der Waals surface area contributed by atoms with Crippen LogP contribution in [0.3, 0.4) is 0 Å². The first-order valence-corrected chi connectivity index (χ1v) is 6.00. The Balaban J connectivity index is 2.33. The molecule has 94 valence electrons. The van der Waals surface area contributed by atoms with Gasteiger partial charge in [0, 0.05) is 25.4 Å². The van der Waals surface area contributed by atoms with Crippen LogP contribution in [0, 0.1) is 34.5 Å². The van der Waals surface area contributed by atoms with Gasteiger partial charge in [-0.05, 0) is 24.2 Å². The molecule has 1 N–H and O–H groups in total. The van der Waals surface area contributed by atoms with Crippen LogP contribution in [0.4, 0.5) is 8.78 Å². The topological polar surface area (TPSA) is 44.0 Å². The third kappa shape index (κ3) is 1.87. The van der Waals surface area contributed by atoms with E-state index < -0.39 is 11.3 Å². The molecule has 0 saturated heterocycles. The zero-order chi connectivity index (χ0) is 12.7. The predicted molar refractivity (Wildman–Crippen MR) is 59.2 cm³/mol. The molecule has 0 aromatic rings. The lowest BCUT2D eigenvalue weighted by atomic mass is 9.65. The van der Waals surface area contributed by atoms with Crippen LogP contribution in [0.1, 0.15) is 25.7 Å². The van der Waals surface area contributed by atoms with E-state index in [1.807, 2.05) is 0 Å². The highest BCUT2D eigenvalue weighted by atomic mass is 19.3. The number of alkyl halides is 2. The lowest BCUT2D eigenvalue weighted by molar-refractivity contribution is -0.0906. The van der Waals surface area contributed by atoms with Gasteiger partial charge in [-0.3, -0.25) is 0 Å². The summed E-state index contributed by atoms with van der Waals surface area (Å²) in [6, 6.07) is 2.16. The molecule has 2 saturated carbocycles. The minimum atomic E-state index is -2.66. The van der Waals surface area contributed by atoms with Crippen LogP contribution in [0.25, 0.3) is 0 Å². The van der Waals surface area contributed by atoms with Gasteiger partial charge in [-0.1, -0.05) is 6.08 Å². The number of hydrogen-bond acceptors (Lipinski definition) is 2. The fourth-order valence-corrected chi connectivity index (χ4v) is 3.76. The van der Waals surface area contributed by atoms with Gasteiger partial charge in [0.15, 0.2) is 0 Å². The van der Waals surface area contributed by atoms with Crippen molar-refractivity contribution >= 4 is 0 Å². The molecule has 0 heterocycles. The maximum Gasteiger partial charge on any atom is 0.249 e. The monoisotopic (exact) mass is 241 g/mol. The van der Waals surface area contributed by atoms with Crippen LogP contribution < -0.4 is 0 Å². The summed E-state index contributed by atoms with van der Waals surface area (Å²) in [5, 5.41) is 18.4. The third-order valence-electron chi connectivity index (χ3n) is 4.56. The van der Waals surface area contributed by atoms with Crippen molar-refractivity contribution in [1.29, 1.82) is 5.26 Å². The van der Waals surface area contributed by atoms with Gasteiger partial charge < -0.3 is 5.11 Å². The van der Waals surface area contributed by atoms with Gasteiger partial charge in [-0.2, -0.15) is 5.26 Å². The fourth-order valence-electron chi connectivity index (χ4n) is 3.76. The largest absolute Gasteiger partial charge is 0.396 e. The third-order valence-corrected chi connectivity index (χ3v) is 4.56. The Morgan fingerprint density at radius 2 is 2.24 bits per heavy atom. The molecule has 0 aliphatic heterocycles. The van der Waals surface area contributed by atoms with Gasteiger partial charge in [0.2, 0.25) is 5.92 Å². The summed E-state index contributed by atoms with van der Waals surface area (Å²) in [6.45, 7) is 3.60. The second-order valence-electron chi connectivity index (χ2n) is 5.40. The molecule has 2 unspecified atom stereocenters. The number of halogens is 2. The van der Waals surface area contributed by atoms with Crippen LogP contribution in [-0.2, 0) is 0 Å². The maximum atomic E-state index is 13.5. The lowest BCUT2D eigenvalue weighted by Gasteiger charge is -2.42. The van der Waals surface area contributed by atoms with Gasteiger partial charge in [0.1, 0.15) is 0 Å². The van der Waals surface area contributed by atoms with Crippen molar-refractivity contribution in [3.05, 3.63) is 12.7 Å². The Morgan fingerprint density at radius 1 is 1.53 bits per heavy atom. The molecule has 0 amide bonds. The molecule has 0 aromatic carbocycles. The van der Waals surface area contributed by atoms with Gasteiger partial charge in [-0.25, -0.2) is 8.78 Å². The molecule has 2 aliphatic carbocycles. The smallest absolute Gasteiger partial charge is 0.249 e. The summed E-state index contributed by atoms with van der Waals surface area (Å²) in [5.74, 6) is -3.17. The van der Waals surface area contributed by atoms with Crippen molar-refractivity contribution in [1.82, 2.24) is 0 Å². The van der Waals surface area contributed by atoms with Crippen molar-refractivity contribution in [3.63, 3.8) is 0 Å². The number of aliphatic hydroxyl groups is 1. The minimum Gasteiger partial charge on any atom is -0.396 e. The molecule has 2 aliphatic rings. The number of fused-ring (bicyclic) bond motifs is 1. The first-order chi connectivity index (χ1) is 7.98. The average Bonchev–Trinajstić information content (AvgIpc) is 2.60. The van der Waals surface area contributed by atoms with Crippen LogP contribution in [0.5, 0.6) is 0 Å².